The second-order valence-electron chi connectivity index (χ2n) is 3.47. The number of halogens is 1. The van der Waals surface area contributed by atoms with Gasteiger partial charge in [-0.15, -0.1) is 11.6 Å². The normalized spacial score (nSPS) is 16.5. The lowest BCUT2D eigenvalue weighted by molar-refractivity contribution is -0.141. The fraction of sp³-hybridized carbons (Fsp3) is 0.778. The van der Waals surface area contributed by atoms with Crippen molar-refractivity contribution in [3.8, 4) is 0 Å². The zero-order valence-electron chi connectivity index (χ0n) is 8.87. The van der Waals surface area contributed by atoms with Crippen LogP contribution in [0.3, 0.4) is 0 Å². The van der Waals surface area contributed by atoms with Gasteiger partial charge in [-0.2, -0.15) is 0 Å². The molecule has 0 fully saturated rings. The summed E-state index contributed by atoms with van der Waals surface area (Å²) < 4.78 is 0. The standard InChI is InChI=1S/C9H17ClN2O3/c1-3-5(2)7(11)8(13)12-6(4-10)9(14)15/h5-7H,3-4,11H2,1-2H3,(H,12,13)(H,14,15)/t5-,6-,7-/m0/s1. The van der Waals surface area contributed by atoms with E-state index in [1.165, 1.54) is 0 Å². The van der Waals surface area contributed by atoms with Crippen molar-refractivity contribution in [2.75, 3.05) is 5.88 Å². The van der Waals surface area contributed by atoms with E-state index < -0.39 is 24.0 Å². The smallest absolute Gasteiger partial charge is 0.327 e. The first kappa shape index (κ1) is 14.2. The van der Waals surface area contributed by atoms with Crippen LogP contribution in [0.2, 0.25) is 0 Å². The highest BCUT2D eigenvalue weighted by atomic mass is 35.5. The second kappa shape index (κ2) is 6.63. The minimum Gasteiger partial charge on any atom is -0.480 e. The summed E-state index contributed by atoms with van der Waals surface area (Å²) in [4.78, 5) is 22.0. The van der Waals surface area contributed by atoms with E-state index >= 15 is 0 Å². The van der Waals surface area contributed by atoms with E-state index in [1.807, 2.05) is 13.8 Å². The molecule has 0 bridgehead atoms. The first-order valence-corrected chi connectivity index (χ1v) is 5.32. The highest BCUT2D eigenvalue weighted by Crippen LogP contribution is 2.05. The largest absolute Gasteiger partial charge is 0.480 e. The van der Waals surface area contributed by atoms with Crippen LogP contribution in [-0.2, 0) is 9.59 Å². The average molecular weight is 237 g/mol. The summed E-state index contributed by atoms with van der Waals surface area (Å²) in [5.74, 6) is -1.80. The third-order valence-corrected chi connectivity index (χ3v) is 2.64. The molecule has 0 aliphatic carbocycles. The molecular weight excluding hydrogens is 220 g/mol. The molecule has 0 aromatic carbocycles. The molecule has 0 spiro atoms. The molecule has 88 valence electrons. The molecule has 0 saturated carbocycles. The Morgan fingerprint density at radius 1 is 1.53 bits per heavy atom. The van der Waals surface area contributed by atoms with Gasteiger partial charge in [0, 0.05) is 0 Å². The summed E-state index contributed by atoms with van der Waals surface area (Å²) >= 11 is 5.39. The van der Waals surface area contributed by atoms with Crippen LogP contribution in [0, 0.1) is 5.92 Å². The van der Waals surface area contributed by atoms with E-state index in [2.05, 4.69) is 5.32 Å². The van der Waals surface area contributed by atoms with E-state index in [-0.39, 0.29) is 11.8 Å². The van der Waals surface area contributed by atoms with Gasteiger partial charge in [0.2, 0.25) is 5.91 Å². The van der Waals surface area contributed by atoms with Crippen LogP contribution >= 0.6 is 11.6 Å². The highest BCUT2D eigenvalue weighted by Gasteiger charge is 2.24. The molecule has 0 aromatic rings. The van der Waals surface area contributed by atoms with Crippen LogP contribution in [-0.4, -0.2) is 34.9 Å². The Morgan fingerprint density at radius 2 is 2.07 bits per heavy atom. The summed E-state index contributed by atoms with van der Waals surface area (Å²) in [7, 11) is 0. The molecule has 4 N–H and O–H groups in total. The van der Waals surface area contributed by atoms with Gasteiger partial charge in [0.05, 0.1) is 11.9 Å². The molecule has 0 aliphatic rings. The Hall–Kier alpha value is -0.810. The van der Waals surface area contributed by atoms with E-state index in [1.54, 1.807) is 0 Å². The van der Waals surface area contributed by atoms with E-state index in [9.17, 15) is 9.59 Å². The van der Waals surface area contributed by atoms with Gasteiger partial charge < -0.3 is 16.2 Å². The van der Waals surface area contributed by atoms with Crippen LogP contribution < -0.4 is 11.1 Å². The Kier molecular flexibility index (Phi) is 6.27. The number of hydrogen-bond acceptors (Lipinski definition) is 3. The maximum Gasteiger partial charge on any atom is 0.327 e. The van der Waals surface area contributed by atoms with Gasteiger partial charge in [-0.05, 0) is 5.92 Å². The van der Waals surface area contributed by atoms with Crippen molar-refractivity contribution in [3.63, 3.8) is 0 Å². The van der Waals surface area contributed by atoms with Crippen molar-refractivity contribution in [1.82, 2.24) is 5.32 Å². The van der Waals surface area contributed by atoms with Crippen molar-refractivity contribution in [3.05, 3.63) is 0 Å². The molecular formula is C9H17ClN2O3. The van der Waals surface area contributed by atoms with Gasteiger partial charge in [0.15, 0.2) is 0 Å². The molecule has 6 heteroatoms. The molecule has 0 aliphatic heterocycles. The number of carboxylic acids is 1. The predicted molar refractivity (Wildman–Crippen MR) is 57.7 cm³/mol. The molecule has 0 saturated heterocycles. The zero-order valence-corrected chi connectivity index (χ0v) is 9.62. The molecule has 0 aromatic heterocycles. The van der Waals surface area contributed by atoms with E-state index in [4.69, 9.17) is 22.4 Å². The zero-order chi connectivity index (χ0) is 12.0. The van der Waals surface area contributed by atoms with Crippen molar-refractivity contribution in [2.45, 2.75) is 32.4 Å². The van der Waals surface area contributed by atoms with Gasteiger partial charge >= 0.3 is 5.97 Å². The third-order valence-electron chi connectivity index (χ3n) is 2.33. The number of hydrogen-bond donors (Lipinski definition) is 3. The fourth-order valence-electron chi connectivity index (χ4n) is 0.947. The topological polar surface area (TPSA) is 92.4 Å². The van der Waals surface area contributed by atoms with Crippen molar-refractivity contribution >= 4 is 23.5 Å². The Morgan fingerprint density at radius 3 is 2.40 bits per heavy atom. The molecule has 1 amide bonds. The van der Waals surface area contributed by atoms with Gasteiger partial charge in [-0.3, -0.25) is 4.79 Å². The Labute approximate surface area is 94.0 Å². The Balaban J connectivity index is 4.28. The van der Waals surface area contributed by atoms with Crippen LogP contribution in [0.25, 0.3) is 0 Å². The fourth-order valence-corrected chi connectivity index (χ4v) is 1.16. The summed E-state index contributed by atoms with van der Waals surface area (Å²) in [6.45, 7) is 3.74. The van der Waals surface area contributed by atoms with Gasteiger partial charge in [-0.1, -0.05) is 20.3 Å². The molecule has 5 nitrogen and oxygen atoms in total. The van der Waals surface area contributed by atoms with Crippen molar-refractivity contribution in [2.24, 2.45) is 11.7 Å². The minimum atomic E-state index is -1.16. The van der Waals surface area contributed by atoms with Gasteiger partial charge in [0.1, 0.15) is 6.04 Å². The number of alkyl halides is 1. The molecule has 0 unspecified atom stereocenters. The molecule has 15 heavy (non-hydrogen) atoms. The average Bonchev–Trinajstić information content (AvgIpc) is 2.22. The van der Waals surface area contributed by atoms with Crippen LogP contribution in [0.5, 0.6) is 0 Å². The van der Waals surface area contributed by atoms with Crippen molar-refractivity contribution in [1.29, 1.82) is 0 Å². The maximum atomic E-state index is 11.5. The molecule has 0 heterocycles. The number of amides is 1. The monoisotopic (exact) mass is 236 g/mol. The number of nitrogens with two attached hydrogens (primary N) is 1. The van der Waals surface area contributed by atoms with Gasteiger partial charge in [-0.25, -0.2) is 4.79 Å². The number of carbonyl (C=O) groups excluding carboxylic acids is 1. The number of carbonyl (C=O) groups is 2. The van der Waals surface area contributed by atoms with Crippen LogP contribution in [0.15, 0.2) is 0 Å². The molecule has 0 radical (unpaired) electrons. The number of aliphatic carboxylic acids is 1. The first-order chi connectivity index (χ1) is 6.93. The van der Waals surface area contributed by atoms with Gasteiger partial charge in [0.25, 0.3) is 0 Å². The summed E-state index contributed by atoms with van der Waals surface area (Å²) in [6.07, 6.45) is 0.757. The third kappa shape index (κ3) is 4.48. The van der Waals surface area contributed by atoms with Crippen molar-refractivity contribution < 1.29 is 14.7 Å². The summed E-state index contributed by atoms with van der Waals surface area (Å²) in [5, 5.41) is 10.9. The SMILES string of the molecule is CC[C@H](C)[C@H](N)C(=O)N[C@@H](CCl)C(=O)O. The van der Waals surface area contributed by atoms with E-state index in [0.29, 0.717) is 0 Å². The van der Waals surface area contributed by atoms with E-state index in [0.717, 1.165) is 6.42 Å². The number of carboxylic acid groups (broad SMARTS) is 1. The lowest BCUT2D eigenvalue weighted by Gasteiger charge is -2.19. The minimum absolute atomic E-state index is 0.00905. The number of rotatable bonds is 6. The summed E-state index contributed by atoms with van der Waals surface area (Å²) in [6, 6.07) is -1.77. The quantitative estimate of drug-likeness (QED) is 0.573. The second-order valence-corrected chi connectivity index (χ2v) is 3.77. The predicted octanol–water partition coefficient (Wildman–Crippen LogP) is 0.168. The van der Waals surface area contributed by atoms with Crippen LogP contribution in [0.4, 0.5) is 0 Å². The van der Waals surface area contributed by atoms with Crippen LogP contribution in [0.1, 0.15) is 20.3 Å². The molecule has 0 rings (SSSR count). The molecule has 3 atom stereocenters. The number of nitrogens with one attached hydrogen (secondary N) is 1. The highest BCUT2D eigenvalue weighted by molar-refractivity contribution is 6.19. The lowest BCUT2D eigenvalue weighted by atomic mass is 9.99. The first-order valence-electron chi connectivity index (χ1n) is 4.78. The summed E-state index contributed by atoms with van der Waals surface area (Å²) in [5.41, 5.74) is 5.63. The Bertz CT molecular complexity index is 235. The lowest BCUT2D eigenvalue weighted by Crippen LogP contribution is -2.51. The maximum absolute atomic E-state index is 11.5.